The zero-order chi connectivity index (χ0) is 21.2. The average molecular weight is 405 g/mol. The molecular formula is C20H14F3NO5. The first kappa shape index (κ1) is 20.0. The van der Waals surface area contributed by atoms with Gasteiger partial charge >= 0.3 is 11.8 Å². The summed E-state index contributed by atoms with van der Waals surface area (Å²) in [7, 11) is 1.36. The summed E-state index contributed by atoms with van der Waals surface area (Å²) in [5.74, 6) is -0.729. The van der Waals surface area contributed by atoms with E-state index in [4.69, 9.17) is 9.15 Å². The van der Waals surface area contributed by atoms with Crippen LogP contribution in [0.15, 0.2) is 57.8 Å². The van der Waals surface area contributed by atoms with Crippen LogP contribution in [-0.2, 0) is 11.0 Å². The molecule has 6 nitrogen and oxygen atoms in total. The maximum atomic E-state index is 12.6. The number of hydrogen-bond donors (Lipinski definition) is 2. The summed E-state index contributed by atoms with van der Waals surface area (Å²) >= 11 is 0. The van der Waals surface area contributed by atoms with Crippen LogP contribution in [0.3, 0.4) is 0 Å². The van der Waals surface area contributed by atoms with E-state index in [1.54, 1.807) is 0 Å². The summed E-state index contributed by atoms with van der Waals surface area (Å²) in [4.78, 5) is 24.1. The molecule has 0 aliphatic rings. The molecule has 1 aromatic heterocycles. The third-order valence-electron chi connectivity index (χ3n) is 3.96. The molecule has 0 bridgehead atoms. The van der Waals surface area contributed by atoms with Crippen LogP contribution in [0.2, 0.25) is 0 Å². The predicted octanol–water partition coefficient (Wildman–Crippen LogP) is 4.18. The molecule has 0 atom stereocenters. The Bertz CT molecular complexity index is 1150. The number of carbonyl (C=O) groups is 1. The minimum atomic E-state index is -4.44. The Labute approximate surface area is 161 Å². The molecular weight excluding hydrogens is 391 g/mol. The fraction of sp³-hybridized carbons (Fsp3) is 0.100. The molecule has 0 aliphatic heterocycles. The van der Waals surface area contributed by atoms with Crippen molar-refractivity contribution in [1.29, 1.82) is 0 Å². The number of amides is 1. The zero-order valence-corrected chi connectivity index (χ0v) is 14.9. The summed E-state index contributed by atoms with van der Waals surface area (Å²) in [5.41, 5.74) is -1.30. The summed E-state index contributed by atoms with van der Waals surface area (Å²) < 4.78 is 47.7. The maximum Gasteiger partial charge on any atom is 0.416 e. The van der Waals surface area contributed by atoms with Gasteiger partial charge in [0.05, 0.1) is 12.7 Å². The second-order valence-corrected chi connectivity index (χ2v) is 5.95. The first-order valence-electron chi connectivity index (χ1n) is 8.18. The van der Waals surface area contributed by atoms with Gasteiger partial charge in [0.25, 0.3) is 0 Å². The highest BCUT2D eigenvalue weighted by molar-refractivity contribution is 6.02. The van der Waals surface area contributed by atoms with Crippen LogP contribution in [-0.4, -0.2) is 18.1 Å². The number of phenolic OH excluding ortho intramolecular Hbond substituents is 1. The van der Waals surface area contributed by atoms with E-state index in [1.165, 1.54) is 43.5 Å². The van der Waals surface area contributed by atoms with Crippen molar-refractivity contribution in [3.8, 4) is 11.5 Å². The van der Waals surface area contributed by atoms with E-state index >= 15 is 0 Å². The molecule has 3 rings (SSSR count). The third-order valence-corrected chi connectivity index (χ3v) is 3.96. The van der Waals surface area contributed by atoms with Crippen molar-refractivity contribution in [2.75, 3.05) is 12.4 Å². The SMILES string of the molecule is COc1cc2cc(NC(=O)/C=C/c3ccc(C(F)(F)F)cc3)c(=O)oc2cc1O. The highest BCUT2D eigenvalue weighted by atomic mass is 19.4. The zero-order valence-electron chi connectivity index (χ0n) is 14.9. The standard InChI is InChI=1S/C20H14F3NO5/c1-28-17-9-12-8-14(19(27)29-16(12)10-15(17)25)24-18(26)7-4-11-2-5-13(6-3-11)20(21,22)23/h2-10,25H,1H3,(H,24,26)/b7-4+. The number of halogens is 3. The number of anilines is 1. The molecule has 2 aromatic carbocycles. The Balaban J connectivity index is 1.78. The van der Waals surface area contributed by atoms with E-state index in [9.17, 15) is 27.9 Å². The number of rotatable bonds is 4. The monoisotopic (exact) mass is 405 g/mol. The predicted molar refractivity (Wildman–Crippen MR) is 99.8 cm³/mol. The van der Waals surface area contributed by atoms with Crippen LogP contribution in [0, 0.1) is 0 Å². The number of benzene rings is 2. The van der Waals surface area contributed by atoms with Gasteiger partial charge in [0.2, 0.25) is 5.91 Å². The lowest BCUT2D eigenvalue weighted by Crippen LogP contribution is -2.15. The van der Waals surface area contributed by atoms with Gasteiger partial charge in [-0.25, -0.2) is 4.79 Å². The molecule has 150 valence electrons. The molecule has 2 N–H and O–H groups in total. The van der Waals surface area contributed by atoms with Gasteiger partial charge in [-0.2, -0.15) is 13.2 Å². The fourth-order valence-electron chi connectivity index (χ4n) is 2.52. The third kappa shape index (κ3) is 4.57. The second-order valence-electron chi connectivity index (χ2n) is 5.95. The van der Waals surface area contributed by atoms with Gasteiger partial charge < -0.3 is 19.6 Å². The van der Waals surface area contributed by atoms with Gasteiger partial charge in [-0.1, -0.05) is 12.1 Å². The summed E-state index contributed by atoms with van der Waals surface area (Å²) in [6.07, 6.45) is -2.06. The first-order valence-corrected chi connectivity index (χ1v) is 8.18. The Morgan fingerprint density at radius 1 is 1.17 bits per heavy atom. The van der Waals surface area contributed by atoms with Gasteiger partial charge in [-0.05, 0) is 35.9 Å². The van der Waals surface area contributed by atoms with Gasteiger partial charge in [0.15, 0.2) is 11.5 Å². The highest BCUT2D eigenvalue weighted by Gasteiger charge is 2.29. The normalized spacial score (nSPS) is 11.7. The molecule has 0 fully saturated rings. The van der Waals surface area contributed by atoms with Crippen molar-refractivity contribution in [2.45, 2.75) is 6.18 Å². The molecule has 1 heterocycles. The van der Waals surface area contributed by atoms with E-state index in [2.05, 4.69) is 5.32 Å². The minimum Gasteiger partial charge on any atom is -0.504 e. The topological polar surface area (TPSA) is 88.8 Å². The fourth-order valence-corrected chi connectivity index (χ4v) is 2.52. The lowest BCUT2D eigenvalue weighted by molar-refractivity contribution is -0.137. The number of carbonyl (C=O) groups excluding carboxylic acids is 1. The van der Waals surface area contributed by atoms with E-state index in [1.807, 2.05) is 0 Å². The van der Waals surface area contributed by atoms with E-state index in [-0.39, 0.29) is 22.8 Å². The van der Waals surface area contributed by atoms with Crippen LogP contribution >= 0.6 is 0 Å². The largest absolute Gasteiger partial charge is 0.504 e. The lowest BCUT2D eigenvalue weighted by atomic mass is 10.1. The highest BCUT2D eigenvalue weighted by Crippen LogP contribution is 2.31. The molecule has 0 saturated carbocycles. The van der Waals surface area contributed by atoms with Crippen molar-refractivity contribution in [2.24, 2.45) is 0 Å². The molecule has 1 amide bonds. The Hall–Kier alpha value is -3.75. The van der Waals surface area contributed by atoms with Crippen molar-refractivity contribution in [3.63, 3.8) is 0 Å². The van der Waals surface area contributed by atoms with E-state index in [0.29, 0.717) is 10.9 Å². The number of nitrogens with one attached hydrogen (secondary N) is 1. The van der Waals surface area contributed by atoms with Crippen LogP contribution < -0.4 is 15.7 Å². The van der Waals surface area contributed by atoms with Crippen LogP contribution in [0.5, 0.6) is 11.5 Å². The lowest BCUT2D eigenvalue weighted by Gasteiger charge is -2.07. The van der Waals surface area contributed by atoms with Crippen LogP contribution in [0.1, 0.15) is 11.1 Å². The number of hydrogen-bond acceptors (Lipinski definition) is 5. The van der Waals surface area contributed by atoms with Gasteiger partial charge in [0.1, 0.15) is 11.3 Å². The Kier molecular flexibility index (Phi) is 5.31. The van der Waals surface area contributed by atoms with Gasteiger partial charge in [-0.3, -0.25) is 4.79 Å². The van der Waals surface area contributed by atoms with Crippen molar-refractivity contribution >= 4 is 28.6 Å². The summed E-state index contributed by atoms with van der Waals surface area (Å²) in [6, 6.07) is 8.24. The Morgan fingerprint density at radius 3 is 2.48 bits per heavy atom. The van der Waals surface area contributed by atoms with Crippen molar-refractivity contribution < 1.29 is 32.2 Å². The average Bonchev–Trinajstić information content (AvgIpc) is 2.66. The minimum absolute atomic E-state index is 0.103. The first-order chi connectivity index (χ1) is 13.7. The second kappa shape index (κ2) is 7.70. The number of phenols is 1. The molecule has 29 heavy (non-hydrogen) atoms. The van der Waals surface area contributed by atoms with Crippen LogP contribution in [0.25, 0.3) is 17.0 Å². The molecule has 9 heteroatoms. The number of methoxy groups -OCH3 is 1. The molecule has 0 saturated heterocycles. The number of ether oxygens (including phenoxy) is 1. The Morgan fingerprint density at radius 2 is 1.86 bits per heavy atom. The van der Waals surface area contributed by atoms with Crippen molar-refractivity contribution in [3.05, 3.63) is 70.1 Å². The van der Waals surface area contributed by atoms with Gasteiger partial charge in [-0.15, -0.1) is 0 Å². The number of aromatic hydroxyl groups is 1. The van der Waals surface area contributed by atoms with E-state index in [0.717, 1.165) is 18.2 Å². The molecule has 0 aliphatic carbocycles. The summed E-state index contributed by atoms with van der Waals surface area (Å²) in [5, 5.41) is 12.5. The quantitative estimate of drug-likeness (QED) is 0.502. The van der Waals surface area contributed by atoms with Gasteiger partial charge in [0, 0.05) is 17.5 Å². The molecule has 3 aromatic rings. The molecule has 0 spiro atoms. The summed E-state index contributed by atoms with van der Waals surface area (Å²) in [6.45, 7) is 0. The van der Waals surface area contributed by atoms with E-state index < -0.39 is 23.3 Å². The number of alkyl halides is 3. The number of fused-ring (bicyclic) bond motifs is 1. The van der Waals surface area contributed by atoms with Crippen molar-refractivity contribution in [1.82, 2.24) is 0 Å². The molecule has 0 radical (unpaired) electrons. The smallest absolute Gasteiger partial charge is 0.416 e. The maximum absolute atomic E-state index is 12.6. The molecule has 0 unspecified atom stereocenters. The van der Waals surface area contributed by atoms with Crippen LogP contribution in [0.4, 0.5) is 18.9 Å².